The molecule has 0 bridgehead atoms. The maximum absolute atomic E-state index is 14.3. The van der Waals surface area contributed by atoms with Crippen molar-refractivity contribution in [2.75, 3.05) is 6.61 Å². The number of imidazole rings is 1. The standard InChI is InChI=1S/C30H30N5O7PS/c1-19(30(37)39-15-20-8-3-2-4-9-20)34-43(38,42-25-13-7-11-21-10-5-6-12-23(21)25)40-16-22-14-24(36)29(41-22)35-18-33-26-27(35)31-17-32-28(26)44/h2-13,17-19,22,24,29,36H,14-16H2,1H3,(H,34,38)(H,31,32,44)/t19-,22-,24-,29+,43?/m0/s1. The van der Waals surface area contributed by atoms with Crippen molar-refractivity contribution in [2.45, 2.75) is 44.4 Å². The van der Waals surface area contributed by atoms with E-state index in [-0.39, 0.29) is 19.6 Å². The third kappa shape index (κ3) is 6.58. The molecular weight excluding hydrogens is 605 g/mol. The highest BCUT2D eigenvalue weighted by Crippen LogP contribution is 2.47. The zero-order valence-electron chi connectivity index (χ0n) is 23.6. The SMILES string of the molecule is C[C@H](NP(=O)(OC[C@@H]1C[C@H](O)[C@H](n2cnc3c(=S)[nH]cnc32)O1)Oc1cccc2ccccc12)C(=O)OCc1ccccc1. The third-order valence-corrected chi connectivity index (χ3v) is 9.07. The van der Waals surface area contributed by atoms with E-state index in [1.165, 1.54) is 19.6 Å². The molecule has 44 heavy (non-hydrogen) atoms. The summed E-state index contributed by atoms with van der Waals surface area (Å²) in [5, 5.41) is 15.2. The number of esters is 1. The van der Waals surface area contributed by atoms with Gasteiger partial charge in [-0.2, -0.15) is 5.09 Å². The predicted molar refractivity (Wildman–Crippen MR) is 164 cm³/mol. The number of aliphatic hydroxyl groups excluding tert-OH is 1. The van der Waals surface area contributed by atoms with Crippen LogP contribution in [0.4, 0.5) is 0 Å². The highest BCUT2D eigenvalue weighted by Gasteiger charge is 2.39. The first-order valence-electron chi connectivity index (χ1n) is 13.9. The lowest BCUT2D eigenvalue weighted by atomic mass is 10.1. The summed E-state index contributed by atoms with van der Waals surface area (Å²) in [4.78, 5) is 24.3. The van der Waals surface area contributed by atoms with Gasteiger partial charge in [-0.3, -0.25) is 13.9 Å². The first-order chi connectivity index (χ1) is 21.3. The van der Waals surface area contributed by atoms with E-state index in [0.29, 0.717) is 26.9 Å². The topological polar surface area (TPSA) is 150 Å². The summed E-state index contributed by atoms with van der Waals surface area (Å²) in [7, 11) is -4.21. The van der Waals surface area contributed by atoms with Crippen LogP contribution in [0.25, 0.3) is 21.9 Å². The van der Waals surface area contributed by atoms with E-state index in [0.717, 1.165) is 10.9 Å². The fourth-order valence-corrected chi connectivity index (χ4v) is 6.69. The molecule has 228 valence electrons. The van der Waals surface area contributed by atoms with Crippen LogP contribution in [0.15, 0.2) is 85.5 Å². The maximum Gasteiger partial charge on any atom is 0.459 e. The van der Waals surface area contributed by atoms with Crippen LogP contribution in [0.5, 0.6) is 5.75 Å². The van der Waals surface area contributed by atoms with Crippen LogP contribution in [-0.4, -0.2) is 55.5 Å². The average molecular weight is 636 g/mol. The molecule has 0 amide bonds. The Hall–Kier alpha value is -3.97. The molecule has 1 unspecified atom stereocenters. The minimum absolute atomic E-state index is 0.0546. The maximum atomic E-state index is 14.3. The summed E-state index contributed by atoms with van der Waals surface area (Å²) >= 11 is 5.27. The number of carbonyl (C=O) groups excluding carboxylic acids is 1. The van der Waals surface area contributed by atoms with E-state index in [9.17, 15) is 14.5 Å². The quantitative estimate of drug-likeness (QED) is 0.0997. The zero-order valence-corrected chi connectivity index (χ0v) is 25.3. The molecule has 1 aliphatic rings. The monoisotopic (exact) mass is 635 g/mol. The Morgan fingerprint density at radius 2 is 1.93 bits per heavy atom. The lowest BCUT2D eigenvalue weighted by Crippen LogP contribution is -2.35. The van der Waals surface area contributed by atoms with Crippen molar-refractivity contribution in [1.82, 2.24) is 24.6 Å². The first-order valence-corrected chi connectivity index (χ1v) is 15.9. The second-order valence-corrected chi connectivity index (χ2v) is 12.4. The van der Waals surface area contributed by atoms with Crippen molar-refractivity contribution in [2.24, 2.45) is 0 Å². The van der Waals surface area contributed by atoms with Crippen molar-refractivity contribution in [3.05, 3.63) is 95.7 Å². The molecule has 0 aliphatic carbocycles. The minimum atomic E-state index is -4.21. The summed E-state index contributed by atoms with van der Waals surface area (Å²) in [6.07, 6.45) is 0.695. The first kappa shape index (κ1) is 30.1. The molecule has 3 aromatic carbocycles. The Morgan fingerprint density at radius 1 is 1.16 bits per heavy atom. The van der Waals surface area contributed by atoms with Gasteiger partial charge in [0.1, 0.15) is 34.7 Å². The number of carbonyl (C=O) groups is 1. The molecule has 1 saturated heterocycles. The smallest absolute Gasteiger partial charge is 0.459 e. The van der Waals surface area contributed by atoms with Crippen LogP contribution in [0.3, 0.4) is 0 Å². The Morgan fingerprint density at radius 3 is 2.77 bits per heavy atom. The molecular formula is C30H30N5O7PS. The van der Waals surface area contributed by atoms with Gasteiger partial charge < -0.3 is 24.1 Å². The van der Waals surface area contributed by atoms with E-state index in [4.69, 9.17) is 30.7 Å². The average Bonchev–Trinajstić information content (AvgIpc) is 3.63. The molecule has 6 rings (SSSR count). The van der Waals surface area contributed by atoms with E-state index in [1.807, 2.05) is 60.7 Å². The van der Waals surface area contributed by atoms with Gasteiger partial charge in [0.2, 0.25) is 0 Å². The van der Waals surface area contributed by atoms with Crippen molar-refractivity contribution in [1.29, 1.82) is 0 Å². The van der Waals surface area contributed by atoms with Gasteiger partial charge in [-0.15, -0.1) is 0 Å². The molecule has 2 aromatic heterocycles. The van der Waals surface area contributed by atoms with Gasteiger partial charge in [-0.25, -0.2) is 14.5 Å². The second-order valence-electron chi connectivity index (χ2n) is 10.3. The van der Waals surface area contributed by atoms with Crippen LogP contribution in [0.1, 0.15) is 25.1 Å². The van der Waals surface area contributed by atoms with Crippen molar-refractivity contribution in [3.8, 4) is 5.75 Å². The highest BCUT2D eigenvalue weighted by atomic mass is 32.1. The predicted octanol–water partition coefficient (Wildman–Crippen LogP) is 5.22. The Kier molecular flexibility index (Phi) is 8.85. The Balaban J connectivity index is 1.19. The summed E-state index contributed by atoms with van der Waals surface area (Å²) in [6.45, 7) is 1.36. The number of rotatable bonds is 11. The molecule has 0 saturated carbocycles. The van der Waals surface area contributed by atoms with Crippen LogP contribution in [0.2, 0.25) is 0 Å². The van der Waals surface area contributed by atoms with Gasteiger partial charge in [-0.1, -0.05) is 78.9 Å². The minimum Gasteiger partial charge on any atom is -0.460 e. The molecule has 3 N–H and O–H groups in total. The van der Waals surface area contributed by atoms with E-state index < -0.39 is 38.2 Å². The lowest BCUT2D eigenvalue weighted by Gasteiger charge is -2.24. The van der Waals surface area contributed by atoms with Gasteiger partial charge in [-0.05, 0) is 23.9 Å². The zero-order chi connectivity index (χ0) is 30.7. The second kappa shape index (κ2) is 12.9. The van der Waals surface area contributed by atoms with Crippen LogP contribution < -0.4 is 9.61 Å². The van der Waals surface area contributed by atoms with Crippen molar-refractivity contribution < 1.29 is 33.0 Å². The lowest BCUT2D eigenvalue weighted by molar-refractivity contribution is -0.146. The number of nitrogens with zero attached hydrogens (tertiary/aromatic N) is 3. The van der Waals surface area contributed by atoms with Gasteiger partial charge >= 0.3 is 13.7 Å². The van der Waals surface area contributed by atoms with Crippen molar-refractivity contribution in [3.63, 3.8) is 0 Å². The number of aromatic nitrogens is 4. The van der Waals surface area contributed by atoms with Gasteiger partial charge in [0, 0.05) is 11.8 Å². The molecule has 5 aromatic rings. The number of aliphatic hydroxyl groups is 1. The van der Waals surface area contributed by atoms with E-state index in [2.05, 4.69) is 20.0 Å². The molecule has 0 radical (unpaired) electrons. The van der Waals surface area contributed by atoms with Crippen LogP contribution >= 0.6 is 20.0 Å². The molecule has 1 fully saturated rings. The summed E-state index contributed by atoms with van der Waals surface area (Å²) < 4.78 is 39.7. The van der Waals surface area contributed by atoms with Gasteiger partial charge in [0.25, 0.3) is 0 Å². The highest BCUT2D eigenvalue weighted by molar-refractivity contribution is 7.71. The fourth-order valence-electron chi connectivity index (χ4n) is 4.96. The number of H-pyrrole nitrogens is 1. The van der Waals surface area contributed by atoms with Crippen LogP contribution in [-0.2, 0) is 30.0 Å². The number of hydrogen-bond acceptors (Lipinski definition) is 10. The number of nitrogens with one attached hydrogen (secondary N) is 2. The summed E-state index contributed by atoms with van der Waals surface area (Å²) in [5.41, 5.74) is 1.74. The Labute approximate surface area is 257 Å². The number of benzene rings is 3. The number of ether oxygens (including phenoxy) is 2. The number of fused-ring (bicyclic) bond motifs is 2. The summed E-state index contributed by atoms with van der Waals surface area (Å²) in [5.74, 6) is -0.328. The van der Waals surface area contributed by atoms with E-state index >= 15 is 0 Å². The molecule has 12 nitrogen and oxygen atoms in total. The molecule has 0 spiro atoms. The van der Waals surface area contributed by atoms with Crippen molar-refractivity contribution >= 4 is 47.9 Å². The number of hydrogen-bond donors (Lipinski definition) is 3. The molecule has 14 heteroatoms. The van der Waals surface area contributed by atoms with Crippen LogP contribution in [0, 0.1) is 4.64 Å². The largest absolute Gasteiger partial charge is 0.460 e. The third-order valence-electron chi connectivity index (χ3n) is 7.13. The number of aromatic amines is 1. The Bertz CT molecular complexity index is 1880. The van der Waals surface area contributed by atoms with Gasteiger partial charge in [0.15, 0.2) is 11.9 Å². The fraction of sp³-hybridized carbons (Fsp3) is 0.267. The normalized spacial score (nSPS) is 20.4. The molecule has 5 atom stereocenters. The molecule has 3 heterocycles. The molecule has 1 aliphatic heterocycles. The summed E-state index contributed by atoms with van der Waals surface area (Å²) in [6, 6.07) is 21.0. The van der Waals surface area contributed by atoms with Gasteiger partial charge in [0.05, 0.1) is 25.4 Å². The van der Waals surface area contributed by atoms with E-state index in [1.54, 1.807) is 16.7 Å².